The first-order valence-corrected chi connectivity index (χ1v) is 9.07. The number of benzene rings is 1. The predicted octanol–water partition coefficient (Wildman–Crippen LogP) is 4.13. The first-order valence-electron chi connectivity index (χ1n) is 9.07. The van der Waals surface area contributed by atoms with E-state index in [1.165, 1.54) is 32.1 Å². The maximum Gasteiger partial charge on any atom is 0.314 e. The largest absolute Gasteiger partial charge is 0.426 e. The summed E-state index contributed by atoms with van der Waals surface area (Å²) in [6, 6.07) is 6.28. The zero-order valence-corrected chi connectivity index (χ0v) is 14.1. The summed E-state index contributed by atoms with van der Waals surface area (Å²) in [5, 5.41) is 0. The summed E-state index contributed by atoms with van der Waals surface area (Å²) in [6.07, 6.45) is 9.48. The highest BCUT2D eigenvalue weighted by Crippen LogP contribution is 2.34. The van der Waals surface area contributed by atoms with E-state index < -0.39 is 0 Å². The summed E-state index contributed by atoms with van der Waals surface area (Å²) in [6.45, 7) is 3.13. The Kier molecular flexibility index (Phi) is 5.09. The van der Waals surface area contributed by atoms with Crippen molar-refractivity contribution in [3.8, 4) is 5.75 Å². The zero-order chi connectivity index (χ0) is 16.2. The Morgan fingerprint density at radius 1 is 1.17 bits per heavy atom. The smallest absolute Gasteiger partial charge is 0.314 e. The van der Waals surface area contributed by atoms with Crippen LogP contribution in [0.3, 0.4) is 0 Å². The second kappa shape index (κ2) is 7.24. The third-order valence-electron chi connectivity index (χ3n) is 5.32. The molecule has 0 bridgehead atoms. The number of anilines is 2. The van der Waals surface area contributed by atoms with E-state index in [0.29, 0.717) is 17.5 Å². The number of nitrogens with zero attached hydrogens (tertiary/aromatic N) is 1. The van der Waals surface area contributed by atoms with Crippen molar-refractivity contribution in [2.45, 2.75) is 64.3 Å². The Hall–Kier alpha value is -1.71. The lowest BCUT2D eigenvalue weighted by molar-refractivity contribution is -0.141. The van der Waals surface area contributed by atoms with Crippen LogP contribution in [0.25, 0.3) is 0 Å². The van der Waals surface area contributed by atoms with E-state index in [1.54, 1.807) is 6.07 Å². The van der Waals surface area contributed by atoms with Crippen LogP contribution in [-0.4, -0.2) is 18.6 Å². The fourth-order valence-corrected chi connectivity index (χ4v) is 3.72. The summed E-state index contributed by atoms with van der Waals surface area (Å²) >= 11 is 0. The Bertz CT molecular complexity index is 548. The molecule has 1 aromatic carbocycles. The summed E-state index contributed by atoms with van der Waals surface area (Å²) in [7, 11) is 0. The van der Waals surface area contributed by atoms with Crippen LogP contribution >= 0.6 is 0 Å². The first kappa shape index (κ1) is 16.2. The van der Waals surface area contributed by atoms with Gasteiger partial charge in [-0.15, -0.1) is 0 Å². The zero-order valence-electron chi connectivity index (χ0n) is 14.1. The maximum atomic E-state index is 12.0. The van der Waals surface area contributed by atoms with Gasteiger partial charge < -0.3 is 15.4 Å². The number of carbonyl (C=O) groups is 1. The van der Waals surface area contributed by atoms with Gasteiger partial charge in [0.2, 0.25) is 0 Å². The Labute approximate surface area is 139 Å². The highest BCUT2D eigenvalue weighted by molar-refractivity contribution is 5.77. The minimum Gasteiger partial charge on any atom is -0.426 e. The van der Waals surface area contributed by atoms with E-state index >= 15 is 0 Å². The number of hydrogen-bond acceptors (Lipinski definition) is 4. The summed E-state index contributed by atoms with van der Waals surface area (Å²) in [5.74, 6) is 0.552. The quantitative estimate of drug-likeness (QED) is 0.504. The van der Waals surface area contributed by atoms with Crippen molar-refractivity contribution >= 4 is 17.3 Å². The van der Waals surface area contributed by atoms with Crippen molar-refractivity contribution in [2.24, 2.45) is 5.92 Å². The number of esters is 1. The van der Waals surface area contributed by atoms with Crippen LogP contribution < -0.4 is 15.4 Å². The maximum absolute atomic E-state index is 12.0. The average molecular weight is 316 g/mol. The molecule has 2 saturated carbocycles. The molecule has 0 amide bonds. The number of nitrogen functional groups attached to an aromatic ring is 1. The highest BCUT2D eigenvalue weighted by atomic mass is 16.5. The van der Waals surface area contributed by atoms with Crippen molar-refractivity contribution in [3.05, 3.63) is 18.2 Å². The normalized spacial score (nSPS) is 19.2. The molecule has 0 saturated heterocycles. The Morgan fingerprint density at radius 2 is 1.91 bits per heavy atom. The Balaban J connectivity index is 1.70. The molecule has 0 atom stereocenters. The average Bonchev–Trinajstić information content (AvgIpc) is 2.49. The second-order valence-electron chi connectivity index (χ2n) is 6.85. The van der Waals surface area contributed by atoms with Crippen molar-refractivity contribution in [1.82, 2.24) is 0 Å². The molecule has 2 aliphatic rings. The van der Waals surface area contributed by atoms with Crippen LogP contribution in [0.4, 0.5) is 11.4 Å². The van der Waals surface area contributed by atoms with Gasteiger partial charge in [0.15, 0.2) is 0 Å². The number of rotatable bonds is 5. The van der Waals surface area contributed by atoms with E-state index in [2.05, 4.69) is 11.8 Å². The summed E-state index contributed by atoms with van der Waals surface area (Å²) in [5.41, 5.74) is 8.05. The number of hydrogen-bond donors (Lipinski definition) is 1. The molecule has 2 aliphatic carbocycles. The van der Waals surface area contributed by atoms with E-state index in [0.717, 1.165) is 31.5 Å². The molecule has 4 heteroatoms. The Morgan fingerprint density at radius 3 is 2.48 bits per heavy atom. The number of ether oxygens (including phenoxy) is 1. The molecule has 4 nitrogen and oxygen atoms in total. The molecule has 1 aromatic rings. The van der Waals surface area contributed by atoms with Gasteiger partial charge in [0.25, 0.3) is 0 Å². The fourth-order valence-electron chi connectivity index (χ4n) is 3.72. The van der Waals surface area contributed by atoms with Crippen LogP contribution in [0.5, 0.6) is 5.75 Å². The van der Waals surface area contributed by atoms with Crippen LogP contribution in [0.15, 0.2) is 18.2 Å². The topological polar surface area (TPSA) is 55.6 Å². The molecular weight excluding hydrogens is 288 g/mol. The lowest BCUT2D eigenvalue weighted by atomic mass is 9.86. The molecule has 2 N–H and O–H groups in total. The second-order valence-corrected chi connectivity index (χ2v) is 6.85. The van der Waals surface area contributed by atoms with E-state index in [4.69, 9.17) is 10.5 Å². The van der Waals surface area contributed by atoms with E-state index in [-0.39, 0.29) is 11.9 Å². The van der Waals surface area contributed by atoms with Crippen molar-refractivity contribution < 1.29 is 9.53 Å². The molecule has 0 unspecified atom stereocenters. The number of carbonyl (C=O) groups excluding carboxylic acids is 1. The van der Waals surface area contributed by atoms with Crippen LogP contribution in [0.1, 0.15) is 58.3 Å². The minimum atomic E-state index is -0.108. The van der Waals surface area contributed by atoms with Crippen molar-refractivity contribution in [2.75, 3.05) is 17.2 Å². The fraction of sp³-hybridized carbons (Fsp3) is 0.632. The first-order chi connectivity index (χ1) is 11.2. The molecular formula is C19H28N2O2. The molecule has 23 heavy (non-hydrogen) atoms. The lowest BCUT2D eigenvalue weighted by Gasteiger charge is -2.36. The van der Waals surface area contributed by atoms with E-state index in [1.807, 2.05) is 12.1 Å². The molecule has 126 valence electrons. The number of nitrogens with two attached hydrogens (primary N) is 1. The van der Waals surface area contributed by atoms with Crippen LogP contribution in [0.2, 0.25) is 0 Å². The van der Waals surface area contributed by atoms with Gasteiger partial charge in [0, 0.05) is 18.7 Å². The van der Waals surface area contributed by atoms with Gasteiger partial charge in [-0.1, -0.05) is 25.7 Å². The van der Waals surface area contributed by atoms with Gasteiger partial charge in [-0.3, -0.25) is 4.79 Å². The molecule has 0 aromatic heterocycles. The van der Waals surface area contributed by atoms with Gasteiger partial charge in [0.1, 0.15) is 5.75 Å². The summed E-state index contributed by atoms with van der Waals surface area (Å²) in [4.78, 5) is 14.4. The third-order valence-corrected chi connectivity index (χ3v) is 5.32. The van der Waals surface area contributed by atoms with Crippen molar-refractivity contribution in [3.63, 3.8) is 0 Å². The molecule has 0 spiro atoms. The van der Waals surface area contributed by atoms with E-state index in [9.17, 15) is 4.79 Å². The van der Waals surface area contributed by atoms with Gasteiger partial charge in [-0.25, -0.2) is 0 Å². The van der Waals surface area contributed by atoms with Gasteiger partial charge in [0.05, 0.1) is 17.3 Å². The van der Waals surface area contributed by atoms with Gasteiger partial charge >= 0.3 is 5.97 Å². The molecule has 2 fully saturated rings. The third kappa shape index (κ3) is 3.62. The standard InChI is InChI=1S/C19H28N2O2/c1-2-21(15-9-4-3-5-10-15)18-12-11-16(13-17(18)20)23-19(22)14-7-6-8-14/h11-15H,2-10,20H2,1H3. The van der Waals surface area contributed by atoms with Gasteiger partial charge in [-0.05, 0) is 44.7 Å². The SMILES string of the molecule is CCN(c1ccc(OC(=O)C2CCC2)cc1N)C1CCCCC1. The molecule has 0 aliphatic heterocycles. The van der Waals surface area contributed by atoms with Crippen LogP contribution in [-0.2, 0) is 4.79 Å². The molecule has 3 rings (SSSR count). The molecule has 0 radical (unpaired) electrons. The minimum absolute atomic E-state index is 0.0882. The van der Waals surface area contributed by atoms with Crippen molar-refractivity contribution in [1.29, 1.82) is 0 Å². The summed E-state index contributed by atoms with van der Waals surface area (Å²) < 4.78 is 5.48. The highest BCUT2D eigenvalue weighted by Gasteiger charge is 2.27. The monoisotopic (exact) mass is 316 g/mol. The molecule has 0 heterocycles. The predicted molar refractivity (Wildman–Crippen MR) is 93.7 cm³/mol. The lowest BCUT2D eigenvalue weighted by Crippen LogP contribution is -2.37. The van der Waals surface area contributed by atoms with Crippen LogP contribution in [0, 0.1) is 5.92 Å². The van der Waals surface area contributed by atoms with Gasteiger partial charge in [-0.2, -0.15) is 0 Å².